The molecule has 1 atom stereocenters. The van der Waals surface area contributed by atoms with Gasteiger partial charge in [0.2, 0.25) is 11.8 Å². The Morgan fingerprint density at radius 1 is 1.24 bits per heavy atom. The molecule has 1 fully saturated rings. The van der Waals surface area contributed by atoms with Crippen molar-refractivity contribution >= 4 is 11.8 Å². The van der Waals surface area contributed by atoms with Crippen LogP contribution in [0.2, 0.25) is 0 Å². The minimum absolute atomic E-state index is 0.0384. The molecular formula is C17H24N2O2. The molecule has 0 N–H and O–H groups in total. The van der Waals surface area contributed by atoms with Gasteiger partial charge >= 0.3 is 0 Å². The fourth-order valence-corrected chi connectivity index (χ4v) is 2.78. The number of carbonyl (C=O) groups excluding carboxylic acids is 2. The van der Waals surface area contributed by atoms with Crippen molar-refractivity contribution < 1.29 is 9.59 Å². The molecule has 0 aliphatic carbocycles. The third-order valence-electron chi connectivity index (χ3n) is 4.12. The van der Waals surface area contributed by atoms with Crippen molar-refractivity contribution in [2.45, 2.75) is 46.7 Å². The Hall–Kier alpha value is -1.84. The summed E-state index contributed by atoms with van der Waals surface area (Å²) in [5, 5.41) is 0. The Kier molecular flexibility index (Phi) is 4.66. The van der Waals surface area contributed by atoms with E-state index in [1.807, 2.05) is 27.7 Å². The summed E-state index contributed by atoms with van der Waals surface area (Å²) in [4.78, 5) is 28.1. The summed E-state index contributed by atoms with van der Waals surface area (Å²) in [6.45, 7) is 9.31. The molecule has 114 valence electrons. The second-order valence-corrected chi connectivity index (χ2v) is 5.89. The first-order chi connectivity index (χ1) is 9.93. The molecular weight excluding hydrogens is 264 g/mol. The summed E-state index contributed by atoms with van der Waals surface area (Å²) in [5.41, 5.74) is 3.45. The van der Waals surface area contributed by atoms with Crippen LogP contribution < -0.4 is 0 Å². The summed E-state index contributed by atoms with van der Waals surface area (Å²) < 4.78 is 0. The number of rotatable bonds is 4. The number of carbonyl (C=O) groups is 2. The van der Waals surface area contributed by atoms with Crippen molar-refractivity contribution in [3.8, 4) is 0 Å². The van der Waals surface area contributed by atoms with Crippen LogP contribution >= 0.6 is 0 Å². The number of benzene rings is 1. The van der Waals surface area contributed by atoms with Crippen molar-refractivity contribution in [1.29, 1.82) is 0 Å². The lowest BCUT2D eigenvalue weighted by Gasteiger charge is -2.39. The molecule has 2 rings (SSSR count). The molecule has 21 heavy (non-hydrogen) atoms. The van der Waals surface area contributed by atoms with Gasteiger partial charge in [-0.05, 0) is 38.3 Å². The summed E-state index contributed by atoms with van der Waals surface area (Å²) in [6, 6.07) is 5.85. The van der Waals surface area contributed by atoms with Crippen LogP contribution in [0.5, 0.6) is 0 Å². The average molecular weight is 288 g/mol. The summed E-state index contributed by atoms with van der Waals surface area (Å²) in [5.74, 6) is 0.0956. The van der Waals surface area contributed by atoms with E-state index >= 15 is 0 Å². The van der Waals surface area contributed by atoms with Gasteiger partial charge in [0.25, 0.3) is 0 Å². The Balaban J connectivity index is 2.18. The Morgan fingerprint density at radius 2 is 1.95 bits per heavy atom. The molecule has 1 aliphatic heterocycles. The van der Waals surface area contributed by atoms with Crippen LogP contribution in [0, 0.1) is 13.8 Å². The molecule has 0 saturated carbocycles. The number of piperazine rings is 1. The number of amides is 2. The van der Waals surface area contributed by atoms with E-state index in [1.54, 1.807) is 9.80 Å². The third kappa shape index (κ3) is 3.26. The van der Waals surface area contributed by atoms with Crippen molar-refractivity contribution in [2.75, 3.05) is 13.1 Å². The van der Waals surface area contributed by atoms with Gasteiger partial charge < -0.3 is 9.80 Å². The van der Waals surface area contributed by atoms with E-state index in [4.69, 9.17) is 0 Å². The topological polar surface area (TPSA) is 40.6 Å². The summed E-state index contributed by atoms with van der Waals surface area (Å²) in [6.07, 6.45) is 0.878. The van der Waals surface area contributed by atoms with Crippen molar-refractivity contribution in [2.24, 2.45) is 0 Å². The van der Waals surface area contributed by atoms with Gasteiger partial charge in [0.1, 0.15) is 6.04 Å². The Morgan fingerprint density at radius 3 is 2.62 bits per heavy atom. The number of hydrogen-bond donors (Lipinski definition) is 0. The molecule has 0 aromatic heterocycles. The highest BCUT2D eigenvalue weighted by atomic mass is 16.2. The van der Waals surface area contributed by atoms with Crippen LogP contribution in [0.15, 0.2) is 18.2 Å². The monoisotopic (exact) mass is 288 g/mol. The second-order valence-electron chi connectivity index (χ2n) is 5.89. The number of nitrogens with zero attached hydrogens (tertiary/aromatic N) is 2. The van der Waals surface area contributed by atoms with E-state index < -0.39 is 0 Å². The third-order valence-corrected chi connectivity index (χ3v) is 4.12. The van der Waals surface area contributed by atoms with Crippen molar-refractivity contribution in [3.05, 3.63) is 34.9 Å². The molecule has 1 saturated heterocycles. The van der Waals surface area contributed by atoms with Gasteiger partial charge in [-0.3, -0.25) is 9.59 Å². The van der Waals surface area contributed by atoms with Crippen LogP contribution in [-0.2, 0) is 16.1 Å². The largest absolute Gasteiger partial charge is 0.332 e. The molecule has 0 radical (unpaired) electrons. The summed E-state index contributed by atoms with van der Waals surface area (Å²) in [7, 11) is 0. The molecule has 4 heteroatoms. The number of hydrogen-bond acceptors (Lipinski definition) is 2. The van der Waals surface area contributed by atoms with E-state index in [0.29, 0.717) is 13.1 Å². The predicted molar refractivity (Wildman–Crippen MR) is 82.8 cm³/mol. The lowest BCUT2D eigenvalue weighted by molar-refractivity contribution is -0.155. The van der Waals surface area contributed by atoms with E-state index in [0.717, 1.165) is 17.5 Å². The van der Waals surface area contributed by atoms with Crippen molar-refractivity contribution in [3.63, 3.8) is 0 Å². The van der Waals surface area contributed by atoms with Gasteiger partial charge in [-0.15, -0.1) is 0 Å². The Labute approximate surface area is 126 Å². The lowest BCUT2D eigenvalue weighted by Crippen LogP contribution is -2.58. The maximum Gasteiger partial charge on any atom is 0.245 e. The first-order valence-electron chi connectivity index (χ1n) is 7.58. The van der Waals surface area contributed by atoms with Crippen molar-refractivity contribution in [1.82, 2.24) is 9.80 Å². The molecule has 4 nitrogen and oxygen atoms in total. The molecule has 1 aromatic carbocycles. The van der Waals surface area contributed by atoms with E-state index in [-0.39, 0.29) is 24.4 Å². The molecule has 0 unspecified atom stereocenters. The zero-order valence-electron chi connectivity index (χ0n) is 13.3. The first-order valence-corrected chi connectivity index (χ1v) is 7.58. The van der Waals surface area contributed by atoms with E-state index in [2.05, 4.69) is 18.2 Å². The van der Waals surface area contributed by atoms with Crippen LogP contribution in [0.25, 0.3) is 0 Å². The van der Waals surface area contributed by atoms with E-state index in [1.165, 1.54) is 5.56 Å². The lowest BCUT2D eigenvalue weighted by atomic mass is 10.0. The molecule has 0 spiro atoms. The highest BCUT2D eigenvalue weighted by Crippen LogP contribution is 2.19. The van der Waals surface area contributed by atoms with Gasteiger partial charge in [0.15, 0.2) is 0 Å². The summed E-state index contributed by atoms with van der Waals surface area (Å²) >= 11 is 0. The SMILES string of the molecule is CCCN1CC(=O)N(Cc2cc(C)ccc2C)[C@@H](C)C1=O. The normalized spacial score (nSPS) is 19.3. The van der Waals surface area contributed by atoms with Gasteiger partial charge in [-0.1, -0.05) is 30.7 Å². The van der Waals surface area contributed by atoms with Gasteiger partial charge in [-0.2, -0.15) is 0 Å². The van der Waals surface area contributed by atoms with Crippen LogP contribution in [0.4, 0.5) is 0 Å². The molecule has 1 heterocycles. The second kappa shape index (κ2) is 6.29. The molecule has 2 amide bonds. The van der Waals surface area contributed by atoms with Gasteiger partial charge in [0.05, 0.1) is 6.54 Å². The van der Waals surface area contributed by atoms with Crippen LogP contribution in [0.1, 0.15) is 37.0 Å². The van der Waals surface area contributed by atoms with Gasteiger partial charge in [0, 0.05) is 13.1 Å². The highest BCUT2D eigenvalue weighted by molar-refractivity contribution is 5.94. The Bertz CT molecular complexity index is 554. The minimum atomic E-state index is -0.377. The fourth-order valence-electron chi connectivity index (χ4n) is 2.78. The van der Waals surface area contributed by atoms with Crippen LogP contribution in [0.3, 0.4) is 0 Å². The maximum absolute atomic E-state index is 12.4. The molecule has 0 bridgehead atoms. The fraction of sp³-hybridized carbons (Fsp3) is 0.529. The number of aryl methyl sites for hydroxylation is 2. The first kappa shape index (κ1) is 15.5. The smallest absolute Gasteiger partial charge is 0.245 e. The quantitative estimate of drug-likeness (QED) is 0.853. The van der Waals surface area contributed by atoms with Crippen LogP contribution in [-0.4, -0.2) is 40.7 Å². The zero-order chi connectivity index (χ0) is 15.6. The highest BCUT2D eigenvalue weighted by Gasteiger charge is 2.35. The standard InChI is InChI=1S/C17H24N2O2/c1-5-8-18-11-16(20)19(14(4)17(18)21)10-15-9-12(2)6-7-13(15)3/h6-7,9,14H,5,8,10-11H2,1-4H3/t14-/m0/s1. The molecule has 1 aromatic rings. The van der Waals surface area contributed by atoms with E-state index in [9.17, 15) is 9.59 Å². The zero-order valence-corrected chi connectivity index (χ0v) is 13.3. The average Bonchev–Trinajstić information content (AvgIpc) is 2.44. The molecule has 1 aliphatic rings. The predicted octanol–water partition coefficient (Wildman–Crippen LogP) is 2.27. The van der Waals surface area contributed by atoms with Gasteiger partial charge in [-0.25, -0.2) is 0 Å². The minimum Gasteiger partial charge on any atom is -0.332 e. The maximum atomic E-state index is 12.4.